The summed E-state index contributed by atoms with van der Waals surface area (Å²) in [5, 5.41) is 6.28. The summed E-state index contributed by atoms with van der Waals surface area (Å²) in [5.41, 5.74) is 1.81. The van der Waals surface area contributed by atoms with Crippen LogP contribution in [0, 0.1) is 11.8 Å². The SMILES string of the molecule is CC(CC(=O)Nc1nc2ccccc2[nH]1)C1CCCNC1.Cl. The average molecular weight is 323 g/mol. The van der Waals surface area contributed by atoms with Gasteiger partial charge in [0.2, 0.25) is 11.9 Å². The summed E-state index contributed by atoms with van der Waals surface area (Å²) in [6.45, 7) is 4.30. The number of anilines is 1. The Bertz CT molecular complexity index is 588. The number of amides is 1. The lowest BCUT2D eigenvalue weighted by atomic mass is 9.85. The van der Waals surface area contributed by atoms with Crippen molar-refractivity contribution < 1.29 is 4.79 Å². The van der Waals surface area contributed by atoms with Crippen molar-refractivity contribution in [1.82, 2.24) is 15.3 Å². The fourth-order valence-corrected chi connectivity index (χ4v) is 3.02. The van der Waals surface area contributed by atoms with E-state index in [1.165, 1.54) is 12.8 Å². The number of halogens is 1. The molecule has 2 aromatic rings. The first-order valence-electron chi connectivity index (χ1n) is 7.67. The lowest BCUT2D eigenvalue weighted by Gasteiger charge is -2.27. The lowest BCUT2D eigenvalue weighted by molar-refractivity contribution is -0.117. The molecule has 1 aliphatic rings. The van der Waals surface area contributed by atoms with Gasteiger partial charge in [-0.25, -0.2) is 4.98 Å². The van der Waals surface area contributed by atoms with Crippen molar-refractivity contribution in [2.75, 3.05) is 18.4 Å². The van der Waals surface area contributed by atoms with Crippen LogP contribution < -0.4 is 10.6 Å². The second kappa shape index (κ2) is 7.61. The number of rotatable bonds is 4. The van der Waals surface area contributed by atoms with E-state index in [-0.39, 0.29) is 18.3 Å². The largest absolute Gasteiger partial charge is 0.324 e. The molecule has 120 valence electrons. The van der Waals surface area contributed by atoms with Gasteiger partial charge in [0, 0.05) is 6.42 Å². The molecule has 1 fully saturated rings. The number of aromatic nitrogens is 2. The van der Waals surface area contributed by atoms with Crippen molar-refractivity contribution >= 4 is 35.3 Å². The molecule has 2 heterocycles. The van der Waals surface area contributed by atoms with Crippen LogP contribution in [0.15, 0.2) is 24.3 Å². The fraction of sp³-hybridized carbons (Fsp3) is 0.500. The van der Waals surface area contributed by atoms with Crippen molar-refractivity contribution in [3.05, 3.63) is 24.3 Å². The van der Waals surface area contributed by atoms with Crippen LogP contribution >= 0.6 is 12.4 Å². The summed E-state index contributed by atoms with van der Waals surface area (Å²) in [7, 11) is 0. The number of carbonyl (C=O) groups is 1. The number of imidazole rings is 1. The third-order valence-electron chi connectivity index (χ3n) is 4.29. The van der Waals surface area contributed by atoms with Crippen LogP contribution in [0.5, 0.6) is 0 Å². The number of nitrogens with zero attached hydrogens (tertiary/aromatic N) is 1. The number of carbonyl (C=O) groups excluding carboxylic acids is 1. The number of fused-ring (bicyclic) bond motifs is 1. The summed E-state index contributed by atoms with van der Waals surface area (Å²) in [5.74, 6) is 1.56. The maximum atomic E-state index is 12.2. The van der Waals surface area contributed by atoms with E-state index in [1.54, 1.807) is 0 Å². The molecule has 1 saturated heterocycles. The molecule has 0 saturated carbocycles. The molecular formula is C16H23ClN4O. The molecule has 5 nitrogen and oxygen atoms in total. The van der Waals surface area contributed by atoms with Gasteiger partial charge < -0.3 is 10.3 Å². The summed E-state index contributed by atoms with van der Waals surface area (Å²) < 4.78 is 0. The van der Waals surface area contributed by atoms with Crippen LogP contribution in [-0.4, -0.2) is 29.0 Å². The van der Waals surface area contributed by atoms with E-state index < -0.39 is 0 Å². The second-order valence-electron chi connectivity index (χ2n) is 5.94. The average Bonchev–Trinajstić information content (AvgIpc) is 2.90. The molecule has 0 aliphatic carbocycles. The third kappa shape index (κ3) is 3.99. The zero-order valence-electron chi connectivity index (χ0n) is 12.8. The molecule has 1 aromatic heterocycles. The minimum Gasteiger partial charge on any atom is -0.324 e. The summed E-state index contributed by atoms with van der Waals surface area (Å²) in [6.07, 6.45) is 2.97. The maximum Gasteiger partial charge on any atom is 0.226 e. The molecule has 1 amide bonds. The van der Waals surface area contributed by atoms with E-state index >= 15 is 0 Å². The Balaban J connectivity index is 0.00000176. The molecule has 3 rings (SSSR count). The number of benzene rings is 1. The second-order valence-corrected chi connectivity index (χ2v) is 5.94. The van der Waals surface area contributed by atoms with Crippen LogP contribution in [-0.2, 0) is 4.79 Å². The molecule has 2 unspecified atom stereocenters. The van der Waals surface area contributed by atoms with Gasteiger partial charge in [0.15, 0.2) is 0 Å². The molecule has 1 aromatic carbocycles. The highest BCUT2D eigenvalue weighted by atomic mass is 35.5. The summed E-state index contributed by atoms with van der Waals surface area (Å²) in [4.78, 5) is 19.6. The number of para-hydroxylation sites is 2. The van der Waals surface area contributed by atoms with E-state index in [4.69, 9.17) is 0 Å². The summed E-state index contributed by atoms with van der Waals surface area (Å²) in [6, 6.07) is 7.77. The highest BCUT2D eigenvalue weighted by Crippen LogP contribution is 2.23. The van der Waals surface area contributed by atoms with Gasteiger partial charge in [-0.05, 0) is 49.9 Å². The predicted molar refractivity (Wildman–Crippen MR) is 91.3 cm³/mol. The lowest BCUT2D eigenvalue weighted by Crippen LogP contribution is -2.34. The predicted octanol–water partition coefficient (Wildman–Crippen LogP) is 2.95. The molecule has 22 heavy (non-hydrogen) atoms. The third-order valence-corrected chi connectivity index (χ3v) is 4.29. The number of nitrogens with one attached hydrogen (secondary N) is 3. The molecular weight excluding hydrogens is 300 g/mol. The zero-order chi connectivity index (χ0) is 14.7. The molecule has 0 spiro atoms. The van der Waals surface area contributed by atoms with Crippen LogP contribution in [0.3, 0.4) is 0 Å². The monoisotopic (exact) mass is 322 g/mol. The van der Waals surface area contributed by atoms with Gasteiger partial charge in [-0.2, -0.15) is 0 Å². The first kappa shape index (κ1) is 16.8. The van der Waals surface area contributed by atoms with Gasteiger partial charge >= 0.3 is 0 Å². The van der Waals surface area contributed by atoms with Crippen LogP contribution in [0.4, 0.5) is 5.95 Å². The van der Waals surface area contributed by atoms with Crippen molar-refractivity contribution in [1.29, 1.82) is 0 Å². The van der Waals surface area contributed by atoms with Crippen molar-refractivity contribution in [2.24, 2.45) is 11.8 Å². The molecule has 1 aliphatic heterocycles. The standard InChI is InChI=1S/C16H22N4O.ClH/c1-11(12-5-4-8-17-10-12)9-15(21)20-16-18-13-6-2-3-7-14(13)19-16;/h2-3,6-7,11-12,17H,4-5,8-10H2,1H3,(H2,18,19,20,21);1H. The first-order chi connectivity index (χ1) is 10.2. The van der Waals surface area contributed by atoms with E-state index in [9.17, 15) is 4.79 Å². The summed E-state index contributed by atoms with van der Waals surface area (Å²) >= 11 is 0. The fourth-order valence-electron chi connectivity index (χ4n) is 3.02. The van der Waals surface area contributed by atoms with Gasteiger partial charge in [0.1, 0.15) is 0 Å². The highest BCUT2D eigenvalue weighted by molar-refractivity contribution is 5.91. The first-order valence-corrected chi connectivity index (χ1v) is 7.67. The van der Waals surface area contributed by atoms with Crippen LogP contribution in [0.25, 0.3) is 11.0 Å². The Kier molecular flexibility index (Phi) is 5.80. The Morgan fingerprint density at radius 1 is 1.45 bits per heavy atom. The molecule has 3 N–H and O–H groups in total. The number of aromatic amines is 1. The van der Waals surface area contributed by atoms with Crippen LogP contribution in [0.2, 0.25) is 0 Å². The minimum atomic E-state index is 0. The Hall–Kier alpha value is -1.59. The van der Waals surface area contributed by atoms with Gasteiger partial charge in [0.05, 0.1) is 11.0 Å². The number of H-pyrrole nitrogens is 1. The smallest absolute Gasteiger partial charge is 0.226 e. The van der Waals surface area contributed by atoms with Crippen molar-refractivity contribution in [3.63, 3.8) is 0 Å². The van der Waals surface area contributed by atoms with E-state index in [2.05, 4.69) is 27.5 Å². The van der Waals surface area contributed by atoms with Gasteiger partial charge in [-0.3, -0.25) is 10.1 Å². The number of hydrogen-bond acceptors (Lipinski definition) is 3. The van der Waals surface area contributed by atoms with Crippen molar-refractivity contribution in [3.8, 4) is 0 Å². The van der Waals surface area contributed by atoms with E-state index in [1.807, 2.05) is 24.3 Å². The topological polar surface area (TPSA) is 69.8 Å². The van der Waals surface area contributed by atoms with Gasteiger partial charge in [-0.1, -0.05) is 19.1 Å². The molecule has 2 atom stereocenters. The Morgan fingerprint density at radius 2 is 2.27 bits per heavy atom. The van der Waals surface area contributed by atoms with E-state index in [0.717, 1.165) is 24.1 Å². The quantitative estimate of drug-likeness (QED) is 0.810. The normalized spacial score (nSPS) is 19.4. The van der Waals surface area contributed by atoms with E-state index in [0.29, 0.717) is 24.2 Å². The molecule has 0 bridgehead atoms. The van der Waals surface area contributed by atoms with Gasteiger partial charge in [-0.15, -0.1) is 12.4 Å². The zero-order valence-corrected chi connectivity index (χ0v) is 13.6. The minimum absolute atomic E-state index is 0. The Labute approximate surface area is 136 Å². The van der Waals surface area contributed by atoms with Crippen LogP contribution in [0.1, 0.15) is 26.2 Å². The number of piperidine rings is 1. The molecule has 0 radical (unpaired) electrons. The Morgan fingerprint density at radius 3 is 3.00 bits per heavy atom. The van der Waals surface area contributed by atoms with Gasteiger partial charge in [0.25, 0.3) is 0 Å². The molecule has 6 heteroatoms. The maximum absolute atomic E-state index is 12.2. The highest BCUT2D eigenvalue weighted by Gasteiger charge is 2.22. The van der Waals surface area contributed by atoms with Crippen molar-refractivity contribution in [2.45, 2.75) is 26.2 Å². The number of hydrogen-bond donors (Lipinski definition) is 3.